The second kappa shape index (κ2) is 4.86. The second-order valence-corrected chi connectivity index (χ2v) is 7.28. The first-order valence-electron chi connectivity index (χ1n) is 6.55. The van der Waals surface area contributed by atoms with E-state index in [2.05, 4.69) is 0 Å². The van der Waals surface area contributed by atoms with Crippen LogP contribution in [0.5, 0.6) is 0 Å². The smallest absolute Gasteiger partial charge is 0.329 e. The molecule has 0 bridgehead atoms. The van der Waals surface area contributed by atoms with E-state index < -0.39 is 11.5 Å². The summed E-state index contributed by atoms with van der Waals surface area (Å²) in [5, 5.41) is 11.5. The molecule has 0 aliphatic carbocycles. The molecule has 2 aromatic heterocycles. The molecule has 1 unspecified atom stereocenters. The van der Waals surface area contributed by atoms with Crippen LogP contribution in [0.2, 0.25) is 0 Å². The van der Waals surface area contributed by atoms with Gasteiger partial charge in [-0.1, -0.05) is 0 Å². The minimum atomic E-state index is -1.08. The van der Waals surface area contributed by atoms with Gasteiger partial charge >= 0.3 is 5.97 Å². The van der Waals surface area contributed by atoms with Gasteiger partial charge in [0.1, 0.15) is 5.54 Å². The van der Waals surface area contributed by atoms with Crippen LogP contribution in [0.4, 0.5) is 0 Å². The summed E-state index contributed by atoms with van der Waals surface area (Å²) in [6, 6.07) is 3.87. The largest absolute Gasteiger partial charge is 0.480 e. The Morgan fingerprint density at radius 2 is 2.15 bits per heavy atom. The average Bonchev–Trinajstić information content (AvgIpc) is 2.99. The summed E-state index contributed by atoms with van der Waals surface area (Å²) in [5.41, 5.74) is -1.08. The van der Waals surface area contributed by atoms with Gasteiger partial charge < -0.3 is 10.0 Å². The van der Waals surface area contributed by atoms with Gasteiger partial charge in [0.15, 0.2) is 0 Å². The number of hydrogen-bond donors (Lipinski definition) is 1. The number of piperidine rings is 1. The Kier molecular flexibility index (Phi) is 3.30. The first-order chi connectivity index (χ1) is 9.52. The van der Waals surface area contributed by atoms with Crippen molar-refractivity contribution < 1.29 is 14.7 Å². The number of thiophene rings is 2. The van der Waals surface area contributed by atoms with Crippen LogP contribution < -0.4 is 0 Å². The molecule has 106 valence electrons. The van der Waals surface area contributed by atoms with Crippen molar-refractivity contribution >= 4 is 43.9 Å². The summed E-state index contributed by atoms with van der Waals surface area (Å²) in [6.07, 6.45) is 2.24. The van der Waals surface area contributed by atoms with Crippen LogP contribution >= 0.6 is 22.7 Å². The van der Waals surface area contributed by atoms with Crippen LogP contribution in [0, 0.1) is 0 Å². The van der Waals surface area contributed by atoms with Crippen molar-refractivity contribution in [2.24, 2.45) is 0 Å². The molecule has 1 amide bonds. The Bertz CT molecular complexity index is 646. The first-order valence-corrected chi connectivity index (χ1v) is 8.24. The number of fused-ring (bicyclic) bond motifs is 1. The number of amides is 1. The van der Waals surface area contributed by atoms with Crippen LogP contribution in [-0.2, 0) is 4.79 Å². The number of likely N-dealkylation sites (tertiary alicyclic amines) is 1. The van der Waals surface area contributed by atoms with E-state index in [4.69, 9.17) is 0 Å². The number of carbonyl (C=O) groups is 2. The molecule has 1 atom stereocenters. The maximum atomic E-state index is 12.7. The van der Waals surface area contributed by atoms with Crippen molar-refractivity contribution in [1.29, 1.82) is 0 Å². The molecular formula is C14H15NO3S2. The maximum Gasteiger partial charge on any atom is 0.329 e. The molecule has 20 heavy (non-hydrogen) atoms. The monoisotopic (exact) mass is 309 g/mol. The summed E-state index contributed by atoms with van der Waals surface area (Å²) < 4.78 is 2.18. The van der Waals surface area contributed by atoms with Crippen molar-refractivity contribution in [3.8, 4) is 0 Å². The maximum absolute atomic E-state index is 12.7. The number of nitrogens with zero attached hydrogens (tertiary/aromatic N) is 1. The van der Waals surface area contributed by atoms with E-state index in [1.807, 2.05) is 17.5 Å². The molecule has 0 saturated carbocycles. The zero-order chi connectivity index (χ0) is 14.3. The van der Waals surface area contributed by atoms with Gasteiger partial charge in [-0.3, -0.25) is 4.79 Å². The van der Waals surface area contributed by atoms with E-state index in [-0.39, 0.29) is 5.91 Å². The normalized spacial score (nSPS) is 23.1. The molecule has 1 saturated heterocycles. The van der Waals surface area contributed by atoms with Crippen molar-refractivity contribution in [3.05, 3.63) is 22.4 Å². The van der Waals surface area contributed by atoms with Crippen LogP contribution in [0.3, 0.4) is 0 Å². The Morgan fingerprint density at radius 1 is 1.35 bits per heavy atom. The molecule has 1 fully saturated rings. The van der Waals surface area contributed by atoms with Crippen molar-refractivity contribution in [3.63, 3.8) is 0 Å². The van der Waals surface area contributed by atoms with E-state index in [0.717, 1.165) is 22.2 Å². The van der Waals surface area contributed by atoms with Crippen LogP contribution in [0.15, 0.2) is 17.5 Å². The predicted molar refractivity (Wildman–Crippen MR) is 80.6 cm³/mol. The summed E-state index contributed by atoms with van der Waals surface area (Å²) in [4.78, 5) is 26.4. The standard InChI is InChI=1S/C14H15NO3S2/c1-14(13(17)18)5-2-3-6-15(14)12(16)11-8-10-9(20-11)4-7-19-10/h4,7-8H,2-3,5-6H2,1H3,(H,17,18). The SMILES string of the molecule is CC1(C(=O)O)CCCCN1C(=O)c1cc2sccc2s1. The van der Waals surface area contributed by atoms with Crippen molar-refractivity contribution in [1.82, 2.24) is 4.90 Å². The van der Waals surface area contributed by atoms with E-state index >= 15 is 0 Å². The highest BCUT2D eigenvalue weighted by atomic mass is 32.1. The molecule has 1 N–H and O–H groups in total. The number of carbonyl (C=O) groups excluding carboxylic acids is 1. The highest BCUT2D eigenvalue weighted by Crippen LogP contribution is 2.34. The molecule has 6 heteroatoms. The van der Waals surface area contributed by atoms with Gasteiger partial charge in [-0.2, -0.15) is 0 Å². The Labute approximate surface area is 124 Å². The fraction of sp³-hybridized carbons (Fsp3) is 0.429. The quantitative estimate of drug-likeness (QED) is 0.924. The molecule has 1 aliphatic heterocycles. The van der Waals surface area contributed by atoms with Gasteiger partial charge in [0.2, 0.25) is 0 Å². The molecule has 4 nitrogen and oxygen atoms in total. The zero-order valence-electron chi connectivity index (χ0n) is 11.1. The molecule has 0 spiro atoms. The fourth-order valence-corrected chi connectivity index (χ4v) is 4.73. The minimum Gasteiger partial charge on any atom is -0.480 e. The van der Waals surface area contributed by atoms with E-state index in [1.165, 1.54) is 16.2 Å². The van der Waals surface area contributed by atoms with Gasteiger partial charge in [0.25, 0.3) is 5.91 Å². The van der Waals surface area contributed by atoms with Gasteiger partial charge in [-0.05, 0) is 43.7 Å². The number of carboxylic acid groups (broad SMARTS) is 1. The third kappa shape index (κ3) is 2.03. The third-order valence-corrected chi connectivity index (χ3v) is 6.03. The highest BCUT2D eigenvalue weighted by Gasteiger charge is 2.44. The number of carboxylic acids is 1. The lowest BCUT2D eigenvalue weighted by Gasteiger charge is -2.41. The fourth-order valence-electron chi connectivity index (χ4n) is 2.67. The van der Waals surface area contributed by atoms with Crippen molar-refractivity contribution in [2.75, 3.05) is 6.54 Å². The van der Waals surface area contributed by atoms with Gasteiger partial charge in [-0.25, -0.2) is 4.79 Å². The van der Waals surface area contributed by atoms with Gasteiger partial charge in [0, 0.05) is 15.9 Å². The lowest BCUT2D eigenvalue weighted by molar-refractivity contribution is -0.150. The zero-order valence-corrected chi connectivity index (χ0v) is 12.7. The molecule has 0 radical (unpaired) electrons. The van der Waals surface area contributed by atoms with E-state index in [9.17, 15) is 14.7 Å². The summed E-state index contributed by atoms with van der Waals surface area (Å²) in [6.45, 7) is 2.18. The summed E-state index contributed by atoms with van der Waals surface area (Å²) in [7, 11) is 0. The lowest BCUT2D eigenvalue weighted by atomic mass is 9.88. The topological polar surface area (TPSA) is 57.6 Å². The molecule has 3 heterocycles. The number of hydrogen-bond acceptors (Lipinski definition) is 4. The highest BCUT2D eigenvalue weighted by molar-refractivity contribution is 7.27. The molecular weight excluding hydrogens is 294 g/mol. The van der Waals surface area contributed by atoms with Crippen molar-refractivity contribution in [2.45, 2.75) is 31.7 Å². The second-order valence-electron chi connectivity index (χ2n) is 5.25. The summed E-state index contributed by atoms with van der Waals surface area (Å²) in [5.74, 6) is -1.06. The van der Waals surface area contributed by atoms with Crippen LogP contribution in [0.1, 0.15) is 35.9 Å². The van der Waals surface area contributed by atoms with Crippen LogP contribution in [-0.4, -0.2) is 34.0 Å². The predicted octanol–water partition coefficient (Wildman–Crippen LogP) is 3.43. The Morgan fingerprint density at radius 3 is 2.85 bits per heavy atom. The lowest BCUT2D eigenvalue weighted by Crippen LogP contribution is -2.57. The minimum absolute atomic E-state index is 0.150. The third-order valence-electron chi connectivity index (χ3n) is 3.95. The molecule has 3 rings (SSSR count). The van der Waals surface area contributed by atoms with Gasteiger partial charge in [-0.15, -0.1) is 22.7 Å². The molecule has 2 aromatic rings. The van der Waals surface area contributed by atoms with Crippen LogP contribution in [0.25, 0.3) is 9.40 Å². The average molecular weight is 309 g/mol. The Balaban J connectivity index is 1.95. The Hall–Kier alpha value is -1.40. The number of aliphatic carboxylic acids is 1. The molecule has 1 aliphatic rings. The van der Waals surface area contributed by atoms with E-state index in [0.29, 0.717) is 17.8 Å². The first kappa shape index (κ1) is 13.6. The van der Waals surface area contributed by atoms with E-state index in [1.54, 1.807) is 18.3 Å². The molecule has 0 aromatic carbocycles. The number of rotatable bonds is 2. The summed E-state index contributed by atoms with van der Waals surface area (Å²) >= 11 is 3.05. The van der Waals surface area contributed by atoms with Gasteiger partial charge in [0.05, 0.1) is 4.88 Å².